The predicted octanol–water partition coefficient (Wildman–Crippen LogP) is 3.54. The van der Waals surface area contributed by atoms with E-state index in [2.05, 4.69) is 0 Å². The molecule has 1 amide bonds. The summed E-state index contributed by atoms with van der Waals surface area (Å²) in [5.74, 6) is -0.314. The first-order valence-electron chi connectivity index (χ1n) is 8.28. The molecular formula is C17H14F3N3O5S. The van der Waals surface area contributed by atoms with Crippen molar-refractivity contribution in [1.82, 2.24) is 0 Å². The van der Waals surface area contributed by atoms with E-state index in [0.717, 1.165) is 36.4 Å². The van der Waals surface area contributed by atoms with Crippen molar-refractivity contribution in [3.05, 3.63) is 58.1 Å². The highest BCUT2D eigenvalue weighted by molar-refractivity contribution is 7.92. The number of nitrogens with zero attached hydrogens (tertiary/aromatic N) is 2. The van der Waals surface area contributed by atoms with Crippen LogP contribution in [0.1, 0.15) is 18.4 Å². The van der Waals surface area contributed by atoms with Gasteiger partial charge in [-0.25, -0.2) is 8.42 Å². The smallest absolute Gasteiger partial charge is 0.306 e. The van der Waals surface area contributed by atoms with E-state index in [1.54, 1.807) is 0 Å². The van der Waals surface area contributed by atoms with Crippen molar-refractivity contribution in [2.75, 3.05) is 16.2 Å². The molecule has 8 nitrogen and oxygen atoms in total. The fourth-order valence-electron chi connectivity index (χ4n) is 2.92. The Hall–Kier alpha value is -3.15. The normalized spacial score (nSPS) is 14.9. The molecule has 0 saturated carbocycles. The third kappa shape index (κ3) is 4.31. The molecule has 2 aromatic rings. The van der Waals surface area contributed by atoms with Crippen LogP contribution in [-0.4, -0.2) is 25.8 Å². The largest absolute Gasteiger partial charge is 0.416 e. The van der Waals surface area contributed by atoms with Crippen molar-refractivity contribution >= 4 is 33.0 Å². The molecular weight excluding hydrogens is 415 g/mol. The maximum Gasteiger partial charge on any atom is 0.416 e. The summed E-state index contributed by atoms with van der Waals surface area (Å²) < 4.78 is 65.5. The Bertz CT molecular complexity index is 1090. The van der Waals surface area contributed by atoms with Crippen LogP contribution in [0.5, 0.6) is 0 Å². The van der Waals surface area contributed by atoms with E-state index in [0.29, 0.717) is 12.5 Å². The van der Waals surface area contributed by atoms with Gasteiger partial charge in [-0.05, 0) is 36.8 Å². The number of nitrogens with one attached hydrogen (secondary N) is 1. The molecule has 2 aromatic carbocycles. The molecule has 0 aromatic heterocycles. The zero-order chi connectivity index (χ0) is 21.4. The third-order valence-electron chi connectivity index (χ3n) is 4.26. The van der Waals surface area contributed by atoms with Crippen LogP contribution in [-0.2, 0) is 21.0 Å². The van der Waals surface area contributed by atoms with Gasteiger partial charge in [0.15, 0.2) is 0 Å². The Morgan fingerprint density at radius 3 is 2.45 bits per heavy atom. The first kappa shape index (κ1) is 20.6. The van der Waals surface area contributed by atoms with Gasteiger partial charge in [0.25, 0.3) is 15.7 Å². The average Bonchev–Trinajstić information content (AvgIpc) is 3.06. The number of nitro groups is 1. The summed E-state index contributed by atoms with van der Waals surface area (Å²) >= 11 is 0. The van der Waals surface area contributed by atoms with Crippen molar-refractivity contribution in [2.45, 2.75) is 23.9 Å². The average molecular weight is 429 g/mol. The van der Waals surface area contributed by atoms with E-state index in [-0.39, 0.29) is 30.2 Å². The number of anilines is 2. The zero-order valence-electron chi connectivity index (χ0n) is 14.6. The highest BCUT2D eigenvalue weighted by atomic mass is 32.2. The van der Waals surface area contributed by atoms with Gasteiger partial charge in [0.1, 0.15) is 5.69 Å². The Balaban J connectivity index is 1.96. The van der Waals surface area contributed by atoms with E-state index >= 15 is 0 Å². The first-order valence-corrected chi connectivity index (χ1v) is 9.76. The molecule has 154 valence electrons. The monoisotopic (exact) mass is 429 g/mol. The molecule has 0 spiro atoms. The molecule has 1 heterocycles. The van der Waals surface area contributed by atoms with Crippen LogP contribution in [0.2, 0.25) is 0 Å². The number of sulfonamides is 1. The number of hydrogen-bond donors (Lipinski definition) is 1. The van der Waals surface area contributed by atoms with Gasteiger partial charge in [-0.1, -0.05) is 6.07 Å². The van der Waals surface area contributed by atoms with Crippen LogP contribution in [0.15, 0.2) is 47.4 Å². The van der Waals surface area contributed by atoms with Crippen LogP contribution < -0.4 is 9.62 Å². The lowest BCUT2D eigenvalue weighted by Gasteiger charge is -2.16. The second-order valence-electron chi connectivity index (χ2n) is 6.24. The maximum absolute atomic E-state index is 12.8. The lowest BCUT2D eigenvalue weighted by Crippen LogP contribution is -2.25. The van der Waals surface area contributed by atoms with Crippen LogP contribution in [0.25, 0.3) is 0 Å². The Kier molecular flexibility index (Phi) is 5.22. The highest BCUT2D eigenvalue weighted by Crippen LogP contribution is 2.34. The molecule has 0 radical (unpaired) electrons. The number of amides is 1. The van der Waals surface area contributed by atoms with E-state index in [1.807, 2.05) is 4.72 Å². The summed E-state index contributed by atoms with van der Waals surface area (Å²) in [5, 5.41) is 11.4. The Morgan fingerprint density at radius 1 is 1.14 bits per heavy atom. The van der Waals surface area contributed by atoms with Crippen molar-refractivity contribution in [2.24, 2.45) is 0 Å². The van der Waals surface area contributed by atoms with Gasteiger partial charge in [-0.3, -0.25) is 19.6 Å². The Labute approximate surface area is 163 Å². The third-order valence-corrected chi connectivity index (χ3v) is 5.64. The molecule has 0 atom stereocenters. The minimum absolute atomic E-state index is 0.0319. The molecule has 0 unspecified atom stereocenters. The topological polar surface area (TPSA) is 110 Å². The lowest BCUT2D eigenvalue weighted by molar-refractivity contribution is -0.384. The number of rotatable bonds is 5. The van der Waals surface area contributed by atoms with Crippen molar-refractivity contribution < 1.29 is 31.3 Å². The minimum Gasteiger partial charge on any atom is -0.306 e. The van der Waals surface area contributed by atoms with Gasteiger partial charge < -0.3 is 4.90 Å². The summed E-state index contributed by atoms with van der Waals surface area (Å²) in [6.45, 7) is 0.272. The fourth-order valence-corrected chi connectivity index (χ4v) is 3.99. The quantitative estimate of drug-likeness (QED) is 0.578. The van der Waals surface area contributed by atoms with Crippen LogP contribution in [0.4, 0.5) is 30.2 Å². The van der Waals surface area contributed by atoms with Crippen molar-refractivity contribution in [1.29, 1.82) is 0 Å². The minimum atomic E-state index is -4.66. The SMILES string of the molecule is O=C1CCCN1c1ccc(S(=O)(=O)Nc2cccc(C(F)(F)F)c2)cc1[N+](=O)[O-]. The first-order chi connectivity index (χ1) is 13.5. The van der Waals surface area contributed by atoms with E-state index in [4.69, 9.17) is 0 Å². The molecule has 1 aliphatic heterocycles. The van der Waals surface area contributed by atoms with Crippen molar-refractivity contribution in [3.63, 3.8) is 0 Å². The van der Waals surface area contributed by atoms with Gasteiger partial charge >= 0.3 is 6.18 Å². The fraction of sp³-hybridized carbons (Fsp3) is 0.235. The summed E-state index contributed by atoms with van der Waals surface area (Å²) in [4.78, 5) is 23.1. The molecule has 29 heavy (non-hydrogen) atoms. The molecule has 12 heteroatoms. The molecule has 0 aliphatic carbocycles. The van der Waals surface area contributed by atoms with Gasteiger partial charge in [0.05, 0.1) is 15.4 Å². The highest BCUT2D eigenvalue weighted by Gasteiger charge is 2.32. The van der Waals surface area contributed by atoms with Crippen LogP contribution in [0.3, 0.4) is 0 Å². The number of alkyl halides is 3. The van der Waals surface area contributed by atoms with E-state index in [9.17, 15) is 36.5 Å². The number of halogens is 3. The van der Waals surface area contributed by atoms with E-state index in [1.165, 1.54) is 4.90 Å². The molecule has 1 saturated heterocycles. The predicted molar refractivity (Wildman–Crippen MR) is 96.9 cm³/mol. The van der Waals surface area contributed by atoms with Gasteiger partial charge in [-0.15, -0.1) is 0 Å². The van der Waals surface area contributed by atoms with Gasteiger partial charge in [-0.2, -0.15) is 13.2 Å². The van der Waals surface area contributed by atoms with Crippen LogP contribution >= 0.6 is 0 Å². The molecule has 0 bridgehead atoms. The standard InChI is InChI=1S/C17H14F3N3O5S/c18-17(19,20)11-3-1-4-12(9-11)21-29(27,28)13-6-7-14(15(10-13)23(25)26)22-8-2-5-16(22)24/h1,3-4,6-7,9-10,21H,2,5,8H2. The zero-order valence-corrected chi connectivity index (χ0v) is 15.5. The summed E-state index contributed by atoms with van der Waals surface area (Å²) in [6, 6.07) is 6.53. The molecule has 3 rings (SSSR count). The lowest BCUT2D eigenvalue weighted by atomic mass is 10.2. The number of carbonyl (C=O) groups excluding carboxylic acids is 1. The number of hydrogen-bond acceptors (Lipinski definition) is 5. The number of carbonyl (C=O) groups is 1. The number of benzene rings is 2. The second kappa shape index (κ2) is 7.35. The molecule has 1 N–H and O–H groups in total. The van der Waals surface area contributed by atoms with Gasteiger partial charge in [0, 0.05) is 24.7 Å². The maximum atomic E-state index is 12.8. The Morgan fingerprint density at radius 2 is 1.86 bits per heavy atom. The summed E-state index contributed by atoms with van der Waals surface area (Å²) in [5.41, 5.74) is -2.02. The van der Waals surface area contributed by atoms with Crippen LogP contribution in [0, 0.1) is 10.1 Å². The van der Waals surface area contributed by atoms with Crippen molar-refractivity contribution in [3.8, 4) is 0 Å². The summed E-state index contributed by atoms with van der Waals surface area (Å²) in [6.07, 6.45) is -3.91. The molecule has 1 fully saturated rings. The van der Waals surface area contributed by atoms with E-state index < -0.39 is 37.3 Å². The second-order valence-corrected chi connectivity index (χ2v) is 7.92. The number of nitro benzene ring substituents is 1. The molecule has 1 aliphatic rings. The van der Waals surface area contributed by atoms with Gasteiger partial charge in [0.2, 0.25) is 5.91 Å². The summed E-state index contributed by atoms with van der Waals surface area (Å²) in [7, 11) is -4.41.